The lowest BCUT2D eigenvalue weighted by Crippen LogP contribution is -2.35. The molecule has 0 bridgehead atoms. The molecule has 0 radical (unpaired) electrons. The Bertz CT molecular complexity index is 539. The molecule has 96 valence electrons. The Balaban J connectivity index is 1.70. The average Bonchev–Trinajstić information content (AvgIpc) is 2.97. The summed E-state index contributed by atoms with van der Waals surface area (Å²) in [6, 6.07) is 3.48. The van der Waals surface area contributed by atoms with E-state index in [1.54, 1.807) is 30.3 Å². The number of furan rings is 1. The third-order valence-corrected chi connectivity index (χ3v) is 3.44. The molecule has 1 aliphatic carbocycles. The Morgan fingerprint density at radius 1 is 1.67 bits per heavy atom. The molecule has 1 atom stereocenters. The second-order valence-electron chi connectivity index (χ2n) is 4.97. The fourth-order valence-electron chi connectivity index (χ4n) is 2.16. The predicted octanol–water partition coefficient (Wildman–Crippen LogP) is 1.60. The van der Waals surface area contributed by atoms with Gasteiger partial charge in [0, 0.05) is 25.7 Å². The number of H-pyrrole nitrogens is 1. The van der Waals surface area contributed by atoms with Gasteiger partial charge in [-0.1, -0.05) is 0 Å². The van der Waals surface area contributed by atoms with Crippen LogP contribution < -0.4 is 0 Å². The van der Waals surface area contributed by atoms with E-state index in [2.05, 4.69) is 4.98 Å². The predicted molar refractivity (Wildman–Crippen MR) is 66.3 cm³/mol. The van der Waals surface area contributed by atoms with Crippen LogP contribution in [0, 0.1) is 5.92 Å². The average molecular weight is 248 g/mol. The number of amides is 1. The zero-order valence-corrected chi connectivity index (χ0v) is 10.2. The van der Waals surface area contributed by atoms with Crippen molar-refractivity contribution < 1.29 is 14.3 Å². The van der Waals surface area contributed by atoms with Crippen molar-refractivity contribution in [2.45, 2.75) is 18.9 Å². The van der Waals surface area contributed by atoms with Gasteiger partial charge in [0.05, 0.1) is 17.9 Å². The van der Waals surface area contributed by atoms with Gasteiger partial charge < -0.3 is 19.4 Å². The molecule has 5 heteroatoms. The highest BCUT2D eigenvalue weighted by Crippen LogP contribution is 2.32. The van der Waals surface area contributed by atoms with E-state index >= 15 is 0 Å². The van der Waals surface area contributed by atoms with Gasteiger partial charge in [0.25, 0.3) is 5.91 Å². The van der Waals surface area contributed by atoms with Crippen molar-refractivity contribution in [2.24, 2.45) is 5.92 Å². The number of carbonyl (C=O) groups excluding carboxylic acids is 1. The molecule has 2 aromatic rings. The Morgan fingerprint density at radius 3 is 3.11 bits per heavy atom. The van der Waals surface area contributed by atoms with E-state index in [9.17, 15) is 9.90 Å². The van der Waals surface area contributed by atoms with Crippen LogP contribution in [0.25, 0.3) is 11.1 Å². The molecule has 1 fully saturated rings. The number of fused-ring (bicyclic) bond motifs is 1. The quantitative estimate of drug-likeness (QED) is 0.863. The SMILES string of the molecule is CN(CC(O)C1CC1)C(=O)c1cc2occc2[nH]1. The second kappa shape index (κ2) is 4.17. The molecule has 2 N–H and O–H groups in total. The maximum Gasteiger partial charge on any atom is 0.270 e. The van der Waals surface area contributed by atoms with Crippen LogP contribution in [0.1, 0.15) is 23.3 Å². The number of carbonyl (C=O) groups is 1. The summed E-state index contributed by atoms with van der Waals surface area (Å²) >= 11 is 0. The van der Waals surface area contributed by atoms with Gasteiger partial charge in [0.2, 0.25) is 0 Å². The first kappa shape index (κ1) is 11.3. The van der Waals surface area contributed by atoms with Crippen molar-refractivity contribution in [3.05, 3.63) is 24.1 Å². The van der Waals surface area contributed by atoms with Gasteiger partial charge >= 0.3 is 0 Å². The van der Waals surface area contributed by atoms with E-state index in [-0.39, 0.29) is 5.91 Å². The smallest absolute Gasteiger partial charge is 0.270 e. The van der Waals surface area contributed by atoms with Crippen LogP contribution in [0.15, 0.2) is 22.8 Å². The number of aliphatic hydroxyl groups is 1. The van der Waals surface area contributed by atoms with Crippen LogP contribution in [0.2, 0.25) is 0 Å². The molecule has 0 aromatic carbocycles. The minimum Gasteiger partial charge on any atom is -0.463 e. The van der Waals surface area contributed by atoms with Gasteiger partial charge in [-0.25, -0.2) is 0 Å². The molecule has 1 aliphatic rings. The maximum absolute atomic E-state index is 12.1. The van der Waals surface area contributed by atoms with Crippen LogP contribution in [0.5, 0.6) is 0 Å². The highest BCUT2D eigenvalue weighted by molar-refractivity contribution is 5.96. The van der Waals surface area contributed by atoms with Crippen LogP contribution in [-0.2, 0) is 0 Å². The van der Waals surface area contributed by atoms with E-state index in [4.69, 9.17) is 4.42 Å². The van der Waals surface area contributed by atoms with E-state index < -0.39 is 6.10 Å². The third kappa shape index (κ3) is 2.01. The lowest BCUT2D eigenvalue weighted by Gasteiger charge is -2.20. The summed E-state index contributed by atoms with van der Waals surface area (Å²) in [5.41, 5.74) is 1.99. The molecule has 0 saturated heterocycles. The Morgan fingerprint density at radius 2 is 2.44 bits per heavy atom. The fourth-order valence-corrected chi connectivity index (χ4v) is 2.16. The number of aromatic nitrogens is 1. The Hall–Kier alpha value is -1.75. The van der Waals surface area contributed by atoms with Crippen molar-refractivity contribution >= 4 is 17.0 Å². The standard InChI is InChI=1S/C13H16N2O3/c1-15(7-11(16)8-2-3-8)13(17)10-6-12-9(14-10)4-5-18-12/h4-6,8,11,14,16H,2-3,7H2,1H3. The number of hydrogen-bond acceptors (Lipinski definition) is 3. The molecule has 2 heterocycles. The molecule has 1 unspecified atom stereocenters. The zero-order valence-electron chi connectivity index (χ0n) is 10.2. The van der Waals surface area contributed by atoms with Crippen molar-refractivity contribution in [2.75, 3.05) is 13.6 Å². The lowest BCUT2D eigenvalue weighted by atomic mass is 10.2. The number of nitrogens with one attached hydrogen (secondary N) is 1. The molecule has 2 aromatic heterocycles. The molecule has 3 rings (SSSR count). The highest BCUT2D eigenvalue weighted by atomic mass is 16.3. The third-order valence-electron chi connectivity index (χ3n) is 3.44. The number of aliphatic hydroxyl groups excluding tert-OH is 1. The second-order valence-corrected chi connectivity index (χ2v) is 4.97. The minimum atomic E-state index is -0.406. The van der Waals surface area contributed by atoms with E-state index in [1.807, 2.05) is 0 Å². The van der Waals surface area contributed by atoms with Gasteiger partial charge in [-0.2, -0.15) is 0 Å². The van der Waals surface area contributed by atoms with E-state index in [0.717, 1.165) is 18.4 Å². The summed E-state index contributed by atoms with van der Waals surface area (Å²) in [5.74, 6) is 0.251. The van der Waals surface area contributed by atoms with Crippen LogP contribution in [-0.4, -0.2) is 40.6 Å². The molecular weight excluding hydrogens is 232 g/mol. The largest absolute Gasteiger partial charge is 0.463 e. The van der Waals surface area contributed by atoms with E-state index in [0.29, 0.717) is 23.7 Å². The monoisotopic (exact) mass is 248 g/mol. The Labute approximate surface area is 104 Å². The van der Waals surface area contributed by atoms with Gasteiger partial charge in [-0.15, -0.1) is 0 Å². The van der Waals surface area contributed by atoms with E-state index in [1.165, 1.54) is 0 Å². The van der Waals surface area contributed by atoms with Crippen molar-refractivity contribution in [1.82, 2.24) is 9.88 Å². The molecule has 0 aliphatic heterocycles. The summed E-state index contributed by atoms with van der Waals surface area (Å²) in [4.78, 5) is 16.7. The first-order chi connectivity index (χ1) is 8.65. The molecule has 0 spiro atoms. The van der Waals surface area contributed by atoms with Gasteiger partial charge in [0.15, 0.2) is 5.58 Å². The maximum atomic E-state index is 12.1. The molecule has 1 amide bonds. The zero-order chi connectivity index (χ0) is 12.7. The van der Waals surface area contributed by atoms with Gasteiger partial charge in [0.1, 0.15) is 5.69 Å². The lowest BCUT2D eigenvalue weighted by molar-refractivity contribution is 0.0641. The first-order valence-corrected chi connectivity index (χ1v) is 6.15. The van der Waals surface area contributed by atoms with Gasteiger partial charge in [-0.05, 0) is 18.8 Å². The summed E-state index contributed by atoms with van der Waals surface area (Å²) < 4.78 is 5.21. The molecule has 5 nitrogen and oxygen atoms in total. The number of hydrogen-bond donors (Lipinski definition) is 2. The Kier molecular flexibility index (Phi) is 2.63. The molecule has 18 heavy (non-hydrogen) atoms. The van der Waals surface area contributed by atoms with Crippen molar-refractivity contribution in [3.63, 3.8) is 0 Å². The number of aromatic amines is 1. The van der Waals surface area contributed by atoms with Crippen molar-refractivity contribution in [1.29, 1.82) is 0 Å². The number of rotatable bonds is 4. The fraction of sp³-hybridized carbons (Fsp3) is 0.462. The van der Waals surface area contributed by atoms with Crippen LogP contribution in [0.4, 0.5) is 0 Å². The summed E-state index contributed by atoms with van der Waals surface area (Å²) in [5, 5.41) is 9.83. The molecule has 1 saturated carbocycles. The summed E-state index contributed by atoms with van der Waals surface area (Å²) in [6.07, 6.45) is 3.31. The van der Waals surface area contributed by atoms with Gasteiger partial charge in [-0.3, -0.25) is 4.79 Å². The summed E-state index contributed by atoms with van der Waals surface area (Å²) in [6.45, 7) is 0.379. The normalized spacial score (nSPS) is 17.0. The van der Waals surface area contributed by atoms with Crippen LogP contribution >= 0.6 is 0 Å². The molecular formula is C13H16N2O3. The first-order valence-electron chi connectivity index (χ1n) is 6.15. The van der Waals surface area contributed by atoms with Crippen LogP contribution in [0.3, 0.4) is 0 Å². The highest BCUT2D eigenvalue weighted by Gasteiger charge is 2.31. The number of likely N-dealkylation sites (N-methyl/N-ethyl adjacent to an activating group) is 1. The topological polar surface area (TPSA) is 69.5 Å². The number of nitrogens with zero attached hydrogens (tertiary/aromatic N) is 1. The van der Waals surface area contributed by atoms with Crippen molar-refractivity contribution in [3.8, 4) is 0 Å². The summed E-state index contributed by atoms with van der Waals surface area (Å²) in [7, 11) is 1.70. The minimum absolute atomic E-state index is 0.124.